The van der Waals surface area contributed by atoms with E-state index in [9.17, 15) is 9.59 Å². The number of hydrogen-bond acceptors (Lipinski definition) is 4. The van der Waals surface area contributed by atoms with E-state index in [0.717, 1.165) is 0 Å². The van der Waals surface area contributed by atoms with Gasteiger partial charge < -0.3 is 10.3 Å². The van der Waals surface area contributed by atoms with E-state index >= 15 is 0 Å². The lowest BCUT2D eigenvalue weighted by Gasteiger charge is -2.12. The van der Waals surface area contributed by atoms with Crippen molar-refractivity contribution in [3.63, 3.8) is 0 Å². The minimum Gasteiger partial charge on any atom is -0.360 e. The Morgan fingerprint density at radius 1 is 1.16 bits per heavy atom. The fourth-order valence-electron chi connectivity index (χ4n) is 2.83. The second-order valence-electron chi connectivity index (χ2n) is 5.76. The molecule has 0 radical (unpaired) electrons. The first-order valence-electron chi connectivity index (χ1n) is 7.86. The van der Waals surface area contributed by atoms with Gasteiger partial charge in [0.25, 0.3) is 5.91 Å². The summed E-state index contributed by atoms with van der Waals surface area (Å²) < 4.78 is 1.80. The quantitative estimate of drug-likeness (QED) is 0.600. The van der Waals surface area contributed by atoms with E-state index in [-0.39, 0.29) is 11.0 Å². The highest BCUT2D eigenvalue weighted by atomic mass is 16.2. The fraction of sp³-hybridized carbons (Fsp3) is 0.111. The molecule has 1 amide bonds. The van der Waals surface area contributed by atoms with Gasteiger partial charge >= 0.3 is 0 Å². The molecule has 124 valence electrons. The Bertz CT molecular complexity index is 1140. The summed E-state index contributed by atoms with van der Waals surface area (Å²) in [5.74, 6) is 0.147. The van der Waals surface area contributed by atoms with Crippen LogP contribution in [0.5, 0.6) is 0 Å². The molecular weight excluding hydrogens is 318 g/mol. The van der Waals surface area contributed by atoms with Crippen molar-refractivity contribution in [1.29, 1.82) is 0 Å². The smallest absolute Gasteiger partial charge is 0.257 e. The lowest BCUT2D eigenvalue weighted by Crippen LogP contribution is -2.32. The number of amides is 1. The van der Waals surface area contributed by atoms with E-state index in [1.54, 1.807) is 29.5 Å². The number of pyridine rings is 2. The number of hydrogen-bond donors (Lipinski definition) is 2. The van der Waals surface area contributed by atoms with Crippen LogP contribution in [-0.4, -0.2) is 25.5 Å². The largest absolute Gasteiger partial charge is 0.360 e. The summed E-state index contributed by atoms with van der Waals surface area (Å²) in [4.78, 5) is 28.1. The van der Waals surface area contributed by atoms with E-state index in [2.05, 4.69) is 20.5 Å². The number of benzene rings is 1. The van der Waals surface area contributed by atoms with Gasteiger partial charge in [-0.2, -0.15) is 0 Å². The second-order valence-corrected chi connectivity index (χ2v) is 5.76. The Balaban J connectivity index is 1.66. The lowest BCUT2D eigenvalue weighted by molar-refractivity contribution is 0.0937. The molecule has 0 saturated carbocycles. The predicted molar refractivity (Wildman–Crippen MR) is 93.4 cm³/mol. The van der Waals surface area contributed by atoms with E-state index in [1.807, 2.05) is 30.5 Å². The number of aromatic nitrogens is 4. The Morgan fingerprint density at radius 2 is 1.96 bits per heavy atom. The summed E-state index contributed by atoms with van der Waals surface area (Å²) in [6, 6.07) is 12.2. The number of para-hydroxylation sites is 1. The van der Waals surface area contributed by atoms with Gasteiger partial charge in [0.2, 0.25) is 5.43 Å². The van der Waals surface area contributed by atoms with Crippen LogP contribution >= 0.6 is 0 Å². The maximum atomic E-state index is 12.6. The minimum atomic E-state index is -0.452. The van der Waals surface area contributed by atoms with E-state index in [0.29, 0.717) is 22.4 Å². The van der Waals surface area contributed by atoms with Crippen LogP contribution in [0.2, 0.25) is 0 Å². The van der Waals surface area contributed by atoms with E-state index < -0.39 is 11.9 Å². The van der Waals surface area contributed by atoms with Crippen LogP contribution in [0.4, 0.5) is 0 Å². The molecule has 1 atom stereocenters. The molecule has 3 aromatic heterocycles. The Labute approximate surface area is 142 Å². The van der Waals surface area contributed by atoms with Crippen LogP contribution < -0.4 is 10.7 Å². The van der Waals surface area contributed by atoms with Gasteiger partial charge in [-0.25, -0.2) is 0 Å². The molecule has 25 heavy (non-hydrogen) atoms. The summed E-state index contributed by atoms with van der Waals surface area (Å²) >= 11 is 0. The van der Waals surface area contributed by atoms with Crippen molar-refractivity contribution in [2.45, 2.75) is 13.0 Å². The molecule has 4 rings (SSSR count). The summed E-state index contributed by atoms with van der Waals surface area (Å²) in [5.41, 5.74) is 1.16. The molecule has 0 aliphatic carbocycles. The molecule has 0 spiro atoms. The molecule has 2 N–H and O–H groups in total. The van der Waals surface area contributed by atoms with Crippen molar-refractivity contribution < 1.29 is 4.79 Å². The normalized spacial score (nSPS) is 12.4. The number of carbonyl (C=O) groups is 1. The van der Waals surface area contributed by atoms with Gasteiger partial charge in [0, 0.05) is 23.3 Å². The standard InChI is InChI=1S/C18H15N5O2/c1-11(17-22-21-15-8-4-5-9-23(15)17)20-18(25)13-10-19-14-7-3-2-6-12(14)16(13)24/h2-11H,1H3,(H,19,24)(H,20,25)/t11-/m1/s1. The molecule has 0 fully saturated rings. The van der Waals surface area contributed by atoms with Gasteiger partial charge in [-0.15, -0.1) is 10.2 Å². The number of aromatic amines is 1. The third kappa shape index (κ3) is 2.55. The SMILES string of the molecule is C[C@@H](NC(=O)c1c[nH]c2ccccc2c1=O)c1nnc2ccccn12. The summed E-state index contributed by atoms with van der Waals surface area (Å²) in [5, 5.41) is 11.5. The molecule has 7 heteroatoms. The molecule has 4 aromatic rings. The predicted octanol–water partition coefficient (Wildman–Crippen LogP) is 2.06. The fourth-order valence-corrected chi connectivity index (χ4v) is 2.83. The number of nitrogens with one attached hydrogen (secondary N) is 2. The molecule has 0 unspecified atom stereocenters. The van der Waals surface area contributed by atoms with Crippen molar-refractivity contribution in [3.05, 3.63) is 76.5 Å². The average Bonchev–Trinajstić information content (AvgIpc) is 3.06. The molecule has 0 aliphatic rings. The van der Waals surface area contributed by atoms with Crippen molar-refractivity contribution in [2.24, 2.45) is 0 Å². The zero-order chi connectivity index (χ0) is 17.4. The Kier molecular flexibility index (Phi) is 3.53. The van der Waals surface area contributed by atoms with E-state index in [1.165, 1.54) is 6.20 Å². The monoisotopic (exact) mass is 333 g/mol. The number of nitrogens with zero attached hydrogens (tertiary/aromatic N) is 3. The van der Waals surface area contributed by atoms with Crippen molar-refractivity contribution >= 4 is 22.5 Å². The molecule has 0 aliphatic heterocycles. The number of H-pyrrole nitrogens is 1. The minimum absolute atomic E-state index is 0.0689. The van der Waals surface area contributed by atoms with Gasteiger partial charge in [-0.05, 0) is 31.2 Å². The van der Waals surface area contributed by atoms with Crippen LogP contribution in [0.1, 0.15) is 29.1 Å². The van der Waals surface area contributed by atoms with Gasteiger partial charge in [0.1, 0.15) is 5.56 Å². The summed E-state index contributed by atoms with van der Waals surface area (Å²) in [6.45, 7) is 1.80. The zero-order valence-electron chi connectivity index (χ0n) is 13.4. The lowest BCUT2D eigenvalue weighted by atomic mass is 10.1. The van der Waals surface area contributed by atoms with Gasteiger partial charge in [0.05, 0.1) is 6.04 Å². The highest BCUT2D eigenvalue weighted by Gasteiger charge is 2.19. The Hall–Kier alpha value is -3.48. The first kappa shape index (κ1) is 15.1. The summed E-state index contributed by atoms with van der Waals surface area (Å²) in [6.07, 6.45) is 3.27. The van der Waals surface area contributed by atoms with Crippen molar-refractivity contribution in [2.75, 3.05) is 0 Å². The van der Waals surface area contributed by atoms with Crippen molar-refractivity contribution in [3.8, 4) is 0 Å². The Morgan fingerprint density at radius 3 is 2.84 bits per heavy atom. The topological polar surface area (TPSA) is 92.1 Å². The number of fused-ring (bicyclic) bond motifs is 2. The van der Waals surface area contributed by atoms with Crippen LogP contribution in [0.3, 0.4) is 0 Å². The summed E-state index contributed by atoms with van der Waals surface area (Å²) in [7, 11) is 0. The van der Waals surface area contributed by atoms with Gasteiger partial charge in [-0.3, -0.25) is 14.0 Å². The maximum Gasteiger partial charge on any atom is 0.257 e. The maximum absolute atomic E-state index is 12.6. The van der Waals surface area contributed by atoms with Crippen molar-refractivity contribution in [1.82, 2.24) is 24.9 Å². The molecular formula is C18H15N5O2. The molecule has 3 heterocycles. The molecule has 0 bridgehead atoms. The second kappa shape index (κ2) is 5.86. The number of carbonyl (C=O) groups excluding carboxylic acids is 1. The first-order chi connectivity index (χ1) is 12.1. The first-order valence-corrected chi connectivity index (χ1v) is 7.86. The highest BCUT2D eigenvalue weighted by Crippen LogP contribution is 2.13. The molecule has 7 nitrogen and oxygen atoms in total. The van der Waals surface area contributed by atoms with Crippen LogP contribution in [0, 0.1) is 0 Å². The van der Waals surface area contributed by atoms with Gasteiger partial charge in [0.15, 0.2) is 11.5 Å². The molecule has 0 saturated heterocycles. The van der Waals surface area contributed by atoms with Crippen LogP contribution in [0.15, 0.2) is 59.7 Å². The molecule has 1 aromatic carbocycles. The average molecular weight is 333 g/mol. The zero-order valence-corrected chi connectivity index (χ0v) is 13.4. The van der Waals surface area contributed by atoms with E-state index in [4.69, 9.17) is 0 Å². The van der Waals surface area contributed by atoms with Gasteiger partial charge in [-0.1, -0.05) is 18.2 Å². The van der Waals surface area contributed by atoms with Crippen LogP contribution in [-0.2, 0) is 0 Å². The highest BCUT2D eigenvalue weighted by molar-refractivity contribution is 5.97. The number of rotatable bonds is 3. The third-order valence-electron chi connectivity index (χ3n) is 4.11. The third-order valence-corrected chi connectivity index (χ3v) is 4.11. The van der Waals surface area contributed by atoms with Crippen LogP contribution in [0.25, 0.3) is 16.6 Å².